The van der Waals surface area contributed by atoms with E-state index in [1.54, 1.807) is 13.8 Å². The predicted molar refractivity (Wildman–Crippen MR) is 79.0 cm³/mol. The molecule has 7 heteroatoms. The molecular weight excluding hydrogens is 295 g/mol. The van der Waals surface area contributed by atoms with E-state index in [1.807, 2.05) is 0 Å². The number of nitrogens with two attached hydrogens (primary N) is 1. The molecule has 0 aliphatic carbocycles. The van der Waals surface area contributed by atoms with Gasteiger partial charge in [-0.3, -0.25) is 0 Å². The summed E-state index contributed by atoms with van der Waals surface area (Å²) >= 11 is 0. The van der Waals surface area contributed by atoms with E-state index in [-0.39, 0.29) is 16.7 Å². The minimum absolute atomic E-state index is 0.0567. The molecule has 1 aromatic carbocycles. The van der Waals surface area contributed by atoms with Crippen LogP contribution in [0, 0.1) is 12.7 Å². The van der Waals surface area contributed by atoms with Crippen LogP contribution in [-0.4, -0.2) is 38.5 Å². The minimum atomic E-state index is -3.70. The first kappa shape index (κ1) is 16.2. The summed E-state index contributed by atoms with van der Waals surface area (Å²) in [5.41, 5.74) is 5.70. The van der Waals surface area contributed by atoms with Crippen LogP contribution in [-0.2, 0) is 14.8 Å². The number of anilines is 1. The Balaban J connectivity index is 2.32. The molecule has 0 saturated carbocycles. The van der Waals surface area contributed by atoms with Gasteiger partial charge < -0.3 is 10.5 Å². The van der Waals surface area contributed by atoms with Gasteiger partial charge in [0.25, 0.3) is 0 Å². The number of rotatable bonds is 5. The number of sulfonamides is 1. The first-order valence-electron chi connectivity index (χ1n) is 7.03. The maximum atomic E-state index is 13.4. The van der Waals surface area contributed by atoms with Crippen molar-refractivity contribution in [2.75, 3.05) is 25.4 Å². The molecule has 2 rings (SSSR count). The van der Waals surface area contributed by atoms with Crippen LogP contribution in [0.4, 0.5) is 10.1 Å². The van der Waals surface area contributed by atoms with Crippen molar-refractivity contribution in [3.8, 4) is 0 Å². The van der Waals surface area contributed by atoms with Crippen LogP contribution >= 0.6 is 0 Å². The largest absolute Gasteiger partial charge is 0.396 e. The van der Waals surface area contributed by atoms with Gasteiger partial charge in [0.05, 0.1) is 16.7 Å². The second-order valence-corrected chi connectivity index (χ2v) is 7.14. The van der Waals surface area contributed by atoms with Gasteiger partial charge in [-0.25, -0.2) is 12.8 Å². The monoisotopic (exact) mass is 316 g/mol. The van der Waals surface area contributed by atoms with Gasteiger partial charge in [0.2, 0.25) is 10.0 Å². The van der Waals surface area contributed by atoms with E-state index in [0.717, 1.165) is 18.9 Å². The molecule has 0 amide bonds. The molecule has 1 aliphatic rings. The molecule has 1 aliphatic heterocycles. The lowest BCUT2D eigenvalue weighted by molar-refractivity contribution is 0.0946. The summed E-state index contributed by atoms with van der Waals surface area (Å²) in [6, 6.07) is 2.35. The summed E-state index contributed by atoms with van der Waals surface area (Å²) in [4.78, 5) is 0.0567. The van der Waals surface area contributed by atoms with Crippen LogP contribution in [0.3, 0.4) is 0 Å². The maximum Gasteiger partial charge on any atom is 0.243 e. The fourth-order valence-corrected chi connectivity index (χ4v) is 4.22. The number of hydrogen-bond acceptors (Lipinski definition) is 4. The zero-order chi connectivity index (χ0) is 15.6. The van der Waals surface area contributed by atoms with Crippen molar-refractivity contribution >= 4 is 15.7 Å². The quantitative estimate of drug-likeness (QED) is 0.842. The van der Waals surface area contributed by atoms with E-state index in [2.05, 4.69) is 0 Å². The number of halogens is 1. The van der Waals surface area contributed by atoms with Crippen molar-refractivity contribution in [1.82, 2.24) is 4.31 Å². The van der Waals surface area contributed by atoms with Gasteiger partial charge >= 0.3 is 0 Å². The van der Waals surface area contributed by atoms with Crippen molar-refractivity contribution in [3.63, 3.8) is 0 Å². The summed E-state index contributed by atoms with van der Waals surface area (Å²) in [6.45, 7) is 4.66. The van der Waals surface area contributed by atoms with Gasteiger partial charge in [0, 0.05) is 19.7 Å². The van der Waals surface area contributed by atoms with Crippen molar-refractivity contribution in [3.05, 3.63) is 23.5 Å². The molecule has 1 saturated heterocycles. The fourth-order valence-electron chi connectivity index (χ4n) is 2.50. The van der Waals surface area contributed by atoms with E-state index in [1.165, 1.54) is 10.4 Å². The third-order valence-electron chi connectivity index (χ3n) is 3.70. The number of aryl methyl sites for hydroxylation is 1. The number of benzene rings is 1. The van der Waals surface area contributed by atoms with Gasteiger partial charge in [-0.1, -0.05) is 6.92 Å². The standard InChI is InChI=1S/C14H21FN2O3S/c1-3-17(9-11-5-4-6-20-11)21(18,19)14-8-13(16)12(15)7-10(14)2/h7-8,11H,3-6,9,16H2,1-2H3. The number of hydrogen-bond donors (Lipinski definition) is 1. The van der Waals surface area contributed by atoms with Gasteiger partial charge in [-0.2, -0.15) is 4.31 Å². The molecule has 1 fully saturated rings. The molecule has 0 spiro atoms. The Morgan fingerprint density at radius 2 is 2.19 bits per heavy atom. The molecule has 118 valence electrons. The Hall–Kier alpha value is -1.18. The number of nitrogen functional groups attached to an aromatic ring is 1. The van der Waals surface area contributed by atoms with E-state index in [0.29, 0.717) is 25.3 Å². The molecule has 2 N–H and O–H groups in total. The Kier molecular flexibility index (Phi) is 4.85. The fraction of sp³-hybridized carbons (Fsp3) is 0.571. The summed E-state index contributed by atoms with van der Waals surface area (Å²) in [6.07, 6.45) is 1.74. The van der Waals surface area contributed by atoms with Gasteiger partial charge in [0.1, 0.15) is 5.82 Å². The van der Waals surface area contributed by atoms with Crippen LogP contribution in [0.2, 0.25) is 0 Å². The maximum absolute atomic E-state index is 13.4. The molecule has 5 nitrogen and oxygen atoms in total. The van der Waals surface area contributed by atoms with Crippen LogP contribution in [0.5, 0.6) is 0 Å². The SMILES string of the molecule is CCN(CC1CCCO1)S(=O)(=O)c1cc(N)c(F)cc1C. The second-order valence-electron chi connectivity index (χ2n) is 5.23. The number of nitrogens with zero attached hydrogens (tertiary/aromatic N) is 1. The van der Waals surface area contributed by atoms with Crippen LogP contribution < -0.4 is 5.73 Å². The molecule has 21 heavy (non-hydrogen) atoms. The third kappa shape index (κ3) is 3.36. The van der Waals surface area contributed by atoms with Crippen molar-refractivity contribution in [2.45, 2.75) is 37.7 Å². The van der Waals surface area contributed by atoms with Crippen LogP contribution in [0.15, 0.2) is 17.0 Å². The first-order chi connectivity index (χ1) is 9.86. The number of ether oxygens (including phenoxy) is 1. The lowest BCUT2D eigenvalue weighted by atomic mass is 10.2. The molecular formula is C14H21FN2O3S. The summed E-state index contributed by atoms with van der Waals surface area (Å²) < 4.78 is 45.7. The second kappa shape index (κ2) is 6.29. The molecule has 0 bridgehead atoms. The molecule has 1 heterocycles. The normalized spacial score (nSPS) is 19.3. The zero-order valence-electron chi connectivity index (χ0n) is 12.3. The zero-order valence-corrected chi connectivity index (χ0v) is 13.1. The molecule has 0 aromatic heterocycles. The molecule has 1 aromatic rings. The molecule has 0 radical (unpaired) electrons. The highest BCUT2D eigenvalue weighted by Crippen LogP contribution is 2.26. The van der Waals surface area contributed by atoms with Crippen LogP contribution in [0.25, 0.3) is 0 Å². The Morgan fingerprint density at radius 1 is 1.48 bits per heavy atom. The Bertz CT molecular complexity index is 613. The lowest BCUT2D eigenvalue weighted by Gasteiger charge is -2.24. The average molecular weight is 316 g/mol. The van der Waals surface area contributed by atoms with E-state index < -0.39 is 15.8 Å². The van der Waals surface area contributed by atoms with Gasteiger partial charge in [0.15, 0.2) is 0 Å². The van der Waals surface area contributed by atoms with E-state index >= 15 is 0 Å². The van der Waals surface area contributed by atoms with Crippen molar-refractivity contribution < 1.29 is 17.5 Å². The minimum Gasteiger partial charge on any atom is -0.396 e. The molecule has 1 unspecified atom stereocenters. The van der Waals surface area contributed by atoms with E-state index in [4.69, 9.17) is 10.5 Å². The Morgan fingerprint density at radius 3 is 2.76 bits per heavy atom. The molecule has 1 atom stereocenters. The average Bonchev–Trinajstić information content (AvgIpc) is 2.92. The van der Waals surface area contributed by atoms with Gasteiger partial charge in [-0.05, 0) is 37.5 Å². The number of likely N-dealkylation sites (N-methyl/N-ethyl adjacent to an activating group) is 1. The van der Waals surface area contributed by atoms with E-state index in [9.17, 15) is 12.8 Å². The predicted octanol–water partition coefficient (Wildman–Crippen LogP) is 1.91. The van der Waals surface area contributed by atoms with Gasteiger partial charge in [-0.15, -0.1) is 0 Å². The third-order valence-corrected chi connectivity index (χ3v) is 5.78. The highest BCUT2D eigenvalue weighted by Gasteiger charge is 2.29. The summed E-state index contributed by atoms with van der Waals surface area (Å²) in [7, 11) is -3.70. The summed E-state index contributed by atoms with van der Waals surface area (Å²) in [5, 5.41) is 0. The first-order valence-corrected chi connectivity index (χ1v) is 8.47. The van der Waals surface area contributed by atoms with Crippen LogP contribution in [0.1, 0.15) is 25.3 Å². The van der Waals surface area contributed by atoms with Crippen molar-refractivity contribution in [1.29, 1.82) is 0 Å². The highest BCUT2D eigenvalue weighted by molar-refractivity contribution is 7.89. The smallest absolute Gasteiger partial charge is 0.243 e. The topological polar surface area (TPSA) is 72.6 Å². The Labute approximate surface area is 124 Å². The highest BCUT2D eigenvalue weighted by atomic mass is 32.2. The van der Waals surface area contributed by atoms with Crippen molar-refractivity contribution in [2.24, 2.45) is 0 Å². The summed E-state index contributed by atoms with van der Waals surface area (Å²) in [5.74, 6) is -0.603. The lowest BCUT2D eigenvalue weighted by Crippen LogP contribution is -2.37.